The SMILES string of the molecule is O=C(O)c1ccc(NC(=O)c2cc(Br)c(O)c(Br)c2)c(Cl)c1. The third kappa shape index (κ3) is 3.60. The number of hydrogen-bond donors (Lipinski definition) is 3. The minimum atomic E-state index is -1.11. The smallest absolute Gasteiger partial charge is 0.335 e. The summed E-state index contributed by atoms with van der Waals surface area (Å²) in [5.41, 5.74) is 0.602. The Hall–Kier alpha value is -1.57. The number of aromatic hydroxyl groups is 1. The molecule has 0 heterocycles. The molecule has 0 bridgehead atoms. The number of benzene rings is 2. The van der Waals surface area contributed by atoms with E-state index in [1.165, 1.54) is 30.3 Å². The van der Waals surface area contributed by atoms with Crippen molar-refractivity contribution in [2.75, 3.05) is 5.32 Å². The number of phenolic OH excluding ortho intramolecular Hbond substituents is 1. The summed E-state index contributed by atoms with van der Waals surface area (Å²) >= 11 is 12.2. The quantitative estimate of drug-likeness (QED) is 0.643. The second kappa shape index (κ2) is 6.68. The van der Waals surface area contributed by atoms with Crippen molar-refractivity contribution in [2.45, 2.75) is 0 Å². The van der Waals surface area contributed by atoms with Crippen LogP contribution in [0.1, 0.15) is 20.7 Å². The van der Waals surface area contributed by atoms with E-state index in [4.69, 9.17) is 16.7 Å². The van der Waals surface area contributed by atoms with Crippen LogP contribution in [-0.2, 0) is 0 Å². The maximum absolute atomic E-state index is 12.2. The van der Waals surface area contributed by atoms with Gasteiger partial charge in [-0.2, -0.15) is 0 Å². The Morgan fingerprint density at radius 1 is 1.05 bits per heavy atom. The van der Waals surface area contributed by atoms with Crippen LogP contribution in [0.4, 0.5) is 5.69 Å². The van der Waals surface area contributed by atoms with Gasteiger partial charge in [-0.1, -0.05) is 11.6 Å². The Balaban J connectivity index is 2.28. The standard InChI is InChI=1S/C14H8Br2ClNO4/c15-8-3-7(4-9(16)12(8)19)13(20)18-11-2-1-6(14(21)22)5-10(11)17/h1-5,19H,(H,18,20)(H,21,22). The highest BCUT2D eigenvalue weighted by atomic mass is 79.9. The number of phenols is 1. The van der Waals surface area contributed by atoms with Crippen molar-refractivity contribution in [1.82, 2.24) is 0 Å². The zero-order valence-corrected chi connectivity index (χ0v) is 14.7. The molecule has 0 saturated heterocycles. The van der Waals surface area contributed by atoms with Crippen molar-refractivity contribution in [3.8, 4) is 5.75 Å². The molecular formula is C14H8Br2ClNO4. The summed E-state index contributed by atoms with van der Waals surface area (Å²) in [6.45, 7) is 0. The average Bonchev–Trinajstić information content (AvgIpc) is 2.46. The highest BCUT2D eigenvalue weighted by Gasteiger charge is 2.14. The minimum Gasteiger partial charge on any atom is -0.506 e. The van der Waals surface area contributed by atoms with E-state index in [0.717, 1.165) is 0 Å². The predicted molar refractivity (Wildman–Crippen MR) is 89.9 cm³/mol. The van der Waals surface area contributed by atoms with E-state index >= 15 is 0 Å². The van der Waals surface area contributed by atoms with E-state index in [-0.39, 0.29) is 27.6 Å². The van der Waals surface area contributed by atoms with Gasteiger partial charge in [-0.05, 0) is 62.2 Å². The molecule has 3 N–H and O–H groups in total. The van der Waals surface area contributed by atoms with E-state index in [2.05, 4.69) is 37.2 Å². The first-order valence-corrected chi connectivity index (χ1v) is 7.78. The van der Waals surface area contributed by atoms with Gasteiger partial charge in [0.2, 0.25) is 0 Å². The molecule has 0 fully saturated rings. The molecule has 0 aliphatic rings. The second-order valence-electron chi connectivity index (χ2n) is 4.24. The number of amides is 1. The monoisotopic (exact) mass is 447 g/mol. The molecule has 1 amide bonds. The number of carbonyl (C=O) groups excluding carboxylic acids is 1. The van der Waals surface area contributed by atoms with Crippen LogP contribution in [0, 0.1) is 0 Å². The van der Waals surface area contributed by atoms with E-state index < -0.39 is 11.9 Å². The first-order valence-electron chi connectivity index (χ1n) is 5.82. The van der Waals surface area contributed by atoms with Crippen molar-refractivity contribution in [3.05, 3.63) is 55.4 Å². The van der Waals surface area contributed by atoms with E-state index in [1.807, 2.05) is 0 Å². The molecule has 22 heavy (non-hydrogen) atoms. The summed E-state index contributed by atoms with van der Waals surface area (Å²) in [7, 11) is 0. The maximum Gasteiger partial charge on any atom is 0.335 e. The van der Waals surface area contributed by atoms with Gasteiger partial charge >= 0.3 is 5.97 Å². The van der Waals surface area contributed by atoms with Crippen LogP contribution >= 0.6 is 43.5 Å². The Labute approximate surface area is 147 Å². The van der Waals surface area contributed by atoms with Gasteiger partial charge in [-0.3, -0.25) is 4.79 Å². The zero-order chi connectivity index (χ0) is 16.4. The lowest BCUT2D eigenvalue weighted by Crippen LogP contribution is -2.12. The topological polar surface area (TPSA) is 86.6 Å². The van der Waals surface area contributed by atoms with Crippen LogP contribution in [0.3, 0.4) is 0 Å². The lowest BCUT2D eigenvalue weighted by molar-refractivity contribution is 0.0696. The van der Waals surface area contributed by atoms with Gasteiger partial charge in [0.25, 0.3) is 5.91 Å². The number of carboxylic acid groups (broad SMARTS) is 1. The van der Waals surface area contributed by atoms with E-state index in [9.17, 15) is 14.7 Å². The normalized spacial score (nSPS) is 10.3. The summed E-state index contributed by atoms with van der Waals surface area (Å²) in [6.07, 6.45) is 0. The van der Waals surface area contributed by atoms with Crippen molar-refractivity contribution in [1.29, 1.82) is 0 Å². The van der Waals surface area contributed by atoms with Crippen LogP contribution < -0.4 is 5.32 Å². The summed E-state index contributed by atoms with van der Waals surface area (Å²) in [4.78, 5) is 23.0. The minimum absolute atomic E-state index is 0.0135. The number of rotatable bonds is 3. The van der Waals surface area contributed by atoms with Crippen molar-refractivity contribution in [2.24, 2.45) is 0 Å². The summed E-state index contributed by atoms with van der Waals surface area (Å²) in [5.74, 6) is -1.57. The van der Waals surface area contributed by atoms with E-state index in [1.54, 1.807) is 0 Å². The average molecular weight is 449 g/mol. The van der Waals surface area contributed by atoms with Gasteiger partial charge in [-0.15, -0.1) is 0 Å². The number of aromatic carboxylic acids is 1. The Kier molecular flexibility index (Phi) is 5.10. The molecule has 0 aliphatic heterocycles. The van der Waals surface area contributed by atoms with Gasteiger partial charge < -0.3 is 15.5 Å². The Morgan fingerprint density at radius 3 is 2.14 bits per heavy atom. The molecule has 0 aliphatic carbocycles. The fourth-order valence-electron chi connectivity index (χ4n) is 1.64. The Bertz CT molecular complexity index is 756. The number of hydrogen-bond acceptors (Lipinski definition) is 3. The fourth-order valence-corrected chi connectivity index (χ4v) is 3.05. The molecule has 0 saturated carbocycles. The number of carboxylic acids is 1. The highest BCUT2D eigenvalue weighted by molar-refractivity contribution is 9.11. The zero-order valence-electron chi connectivity index (χ0n) is 10.7. The molecule has 2 aromatic rings. The second-order valence-corrected chi connectivity index (χ2v) is 6.36. The summed E-state index contributed by atoms with van der Waals surface area (Å²) in [5, 5.41) is 21.2. The maximum atomic E-state index is 12.2. The third-order valence-corrected chi connectivity index (χ3v) is 4.27. The van der Waals surface area contributed by atoms with Gasteiger partial charge in [0.05, 0.1) is 25.2 Å². The van der Waals surface area contributed by atoms with Gasteiger partial charge in [0.15, 0.2) is 0 Å². The summed E-state index contributed by atoms with van der Waals surface area (Å²) in [6, 6.07) is 6.91. The molecule has 8 heteroatoms. The first-order chi connectivity index (χ1) is 10.3. The molecular weight excluding hydrogens is 441 g/mol. The number of nitrogens with one attached hydrogen (secondary N) is 1. The van der Waals surface area contributed by atoms with Crippen LogP contribution in [0.25, 0.3) is 0 Å². The lowest BCUT2D eigenvalue weighted by atomic mass is 10.1. The highest BCUT2D eigenvalue weighted by Crippen LogP contribution is 2.33. The van der Waals surface area contributed by atoms with E-state index in [0.29, 0.717) is 8.95 Å². The van der Waals surface area contributed by atoms with Crippen molar-refractivity contribution < 1.29 is 19.8 Å². The molecule has 0 unspecified atom stereocenters. The number of carbonyl (C=O) groups is 2. The fraction of sp³-hybridized carbons (Fsp3) is 0. The number of anilines is 1. The third-order valence-electron chi connectivity index (χ3n) is 2.74. The van der Waals surface area contributed by atoms with Gasteiger partial charge in [-0.25, -0.2) is 4.79 Å². The lowest BCUT2D eigenvalue weighted by Gasteiger charge is -2.09. The van der Waals surface area contributed by atoms with Crippen molar-refractivity contribution in [3.63, 3.8) is 0 Å². The largest absolute Gasteiger partial charge is 0.506 e. The molecule has 2 rings (SSSR count). The van der Waals surface area contributed by atoms with Gasteiger partial charge in [0, 0.05) is 5.56 Å². The summed E-state index contributed by atoms with van der Waals surface area (Å²) < 4.78 is 0.721. The number of halogens is 3. The Morgan fingerprint density at radius 2 is 1.64 bits per heavy atom. The molecule has 2 aromatic carbocycles. The molecule has 0 spiro atoms. The van der Waals surface area contributed by atoms with Gasteiger partial charge in [0.1, 0.15) is 5.75 Å². The van der Waals surface area contributed by atoms with Crippen LogP contribution in [0.2, 0.25) is 5.02 Å². The molecule has 0 atom stereocenters. The van der Waals surface area contributed by atoms with Crippen LogP contribution in [-0.4, -0.2) is 22.1 Å². The molecule has 5 nitrogen and oxygen atoms in total. The van der Waals surface area contributed by atoms with Crippen LogP contribution in [0.5, 0.6) is 5.75 Å². The molecule has 0 radical (unpaired) electrons. The van der Waals surface area contributed by atoms with Crippen molar-refractivity contribution >= 4 is 61.0 Å². The van der Waals surface area contributed by atoms with Crippen LogP contribution in [0.15, 0.2) is 39.3 Å². The predicted octanol–water partition coefficient (Wildman–Crippen LogP) is 4.52. The first kappa shape index (κ1) is 16.8. The molecule has 114 valence electrons. The molecule has 0 aromatic heterocycles.